The van der Waals surface area contributed by atoms with E-state index in [0.29, 0.717) is 38.6 Å². The molecule has 0 radical (unpaired) electrons. The molecule has 10 heteroatoms. The summed E-state index contributed by atoms with van der Waals surface area (Å²) in [6, 6.07) is 19.0. The molecular formula is C25H18Cl2N2O4S2. The highest BCUT2D eigenvalue weighted by Crippen LogP contribution is 2.32. The highest BCUT2D eigenvalue weighted by atomic mass is 35.5. The summed E-state index contributed by atoms with van der Waals surface area (Å²) in [5.74, 6) is 0.417. The summed E-state index contributed by atoms with van der Waals surface area (Å²) in [5.41, 5.74) is 4.54. The van der Waals surface area contributed by atoms with Crippen molar-refractivity contribution in [1.82, 2.24) is 10.4 Å². The molecule has 1 heterocycles. The zero-order chi connectivity index (χ0) is 24.9. The Labute approximate surface area is 221 Å². The molecule has 0 atom stereocenters. The number of hydrogen-bond donors (Lipinski definition) is 1. The maximum atomic E-state index is 12.8. The first kappa shape index (κ1) is 25.1. The van der Waals surface area contributed by atoms with E-state index in [-0.39, 0.29) is 4.32 Å². The molecule has 1 aliphatic heterocycles. The zero-order valence-electron chi connectivity index (χ0n) is 18.3. The van der Waals surface area contributed by atoms with Gasteiger partial charge >= 0.3 is 0 Å². The van der Waals surface area contributed by atoms with Crippen LogP contribution in [-0.4, -0.2) is 28.3 Å². The molecule has 0 unspecified atom stereocenters. The summed E-state index contributed by atoms with van der Waals surface area (Å²) in [7, 11) is 1.54. The molecule has 0 spiro atoms. The van der Waals surface area contributed by atoms with Gasteiger partial charge in [-0.3, -0.25) is 15.0 Å². The second kappa shape index (κ2) is 11.1. The van der Waals surface area contributed by atoms with Crippen LogP contribution in [0.3, 0.4) is 0 Å². The largest absolute Gasteiger partial charge is 0.497 e. The Morgan fingerprint density at radius 1 is 1.06 bits per heavy atom. The van der Waals surface area contributed by atoms with Crippen LogP contribution in [0.15, 0.2) is 71.6 Å². The third-order valence-electron chi connectivity index (χ3n) is 4.95. The van der Waals surface area contributed by atoms with Crippen molar-refractivity contribution in [1.29, 1.82) is 0 Å². The first-order valence-corrected chi connectivity index (χ1v) is 12.2. The predicted molar refractivity (Wildman–Crippen MR) is 143 cm³/mol. The van der Waals surface area contributed by atoms with Crippen LogP contribution < -0.4 is 14.9 Å². The highest BCUT2D eigenvalue weighted by Gasteiger charge is 2.33. The lowest BCUT2D eigenvalue weighted by atomic mass is 10.2. The Balaban J connectivity index is 1.38. The van der Waals surface area contributed by atoms with Crippen LogP contribution in [0.5, 0.6) is 11.5 Å². The molecule has 1 aliphatic rings. The molecule has 0 bridgehead atoms. The fourth-order valence-corrected chi connectivity index (χ4v) is 4.73. The quantitative estimate of drug-likeness (QED) is 0.285. The number of carbonyl (C=O) groups is 2. The average Bonchev–Trinajstić information content (AvgIpc) is 3.11. The predicted octanol–water partition coefficient (Wildman–Crippen LogP) is 6.13. The number of halogens is 2. The van der Waals surface area contributed by atoms with Gasteiger partial charge in [0.1, 0.15) is 18.1 Å². The van der Waals surface area contributed by atoms with Crippen LogP contribution in [-0.2, 0) is 11.4 Å². The lowest BCUT2D eigenvalue weighted by molar-refractivity contribution is -0.123. The Morgan fingerprint density at radius 3 is 2.40 bits per heavy atom. The molecule has 4 rings (SSSR count). The van der Waals surface area contributed by atoms with Crippen LogP contribution in [0.2, 0.25) is 10.0 Å². The normalized spacial score (nSPS) is 14.4. The van der Waals surface area contributed by atoms with E-state index >= 15 is 0 Å². The molecule has 35 heavy (non-hydrogen) atoms. The molecule has 0 saturated carbocycles. The van der Waals surface area contributed by atoms with Gasteiger partial charge in [0.2, 0.25) is 0 Å². The highest BCUT2D eigenvalue weighted by molar-refractivity contribution is 8.26. The summed E-state index contributed by atoms with van der Waals surface area (Å²) in [6.07, 6.45) is 1.71. The first-order valence-electron chi connectivity index (χ1n) is 10.2. The number of benzene rings is 3. The second-order valence-electron chi connectivity index (χ2n) is 7.28. The van der Waals surface area contributed by atoms with Crippen molar-refractivity contribution in [2.24, 2.45) is 0 Å². The van der Waals surface area contributed by atoms with Crippen LogP contribution in [0, 0.1) is 0 Å². The minimum Gasteiger partial charge on any atom is -0.497 e. The van der Waals surface area contributed by atoms with Gasteiger partial charge in [0.15, 0.2) is 4.32 Å². The van der Waals surface area contributed by atoms with Gasteiger partial charge in [0.25, 0.3) is 11.8 Å². The molecule has 1 fully saturated rings. The number of rotatable bonds is 7. The van der Waals surface area contributed by atoms with E-state index in [2.05, 4.69) is 5.43 Å². The Hall–Kier alpha value is -3.04. The SMILES string of the molecule is COc1ccc(C(=O)NN2C(=O)/C(=C\c3ccc(OCc4ccc(Cl)cc4Cl)cc3)SC2=S)cc1. The minimum atomic E-state index is -0.451. The standard InChI is InChI=1S/C25H18Cl2N2O4S2/c1-32-19-10-5-16(6-11-19)23(30)28-29-24(31)22(35-25(29)34)12-15-2-8-20(9-3-15)33-14-17-4-7-18(26)13-21(17)27/h2-13H,14H2,1H3,(H,28,30)/b22-12+. The lowest BCUT2D eigenvalue weighted by Gasteiger charge is -2.15. The topological polar surface area (TPSA) is 67.9 Å². The first-order chi connectivity index (χ1) is 16.8. The fraction of sp³-hybridized carbons (Fsp3) is 0.0800. The molecule has 3 aromatic carbocycles. The van der Waals surface area contributed by atoms with Crippen molar-refractivity contribution in [3.8, 4) is 11.5 Å². The van der Waals surface area contributed by atoms with Crippen molar-refractivity contribution in [3.05, 3.63) is 98.4 Å². The molecule has 1 saturated heterocycles. The second-order valence-corrected chi connectivity index (χ2v) is 9.80. The van der Waals surface area contributed by atoms with Crippen molar-refractivity contribution >= 4 is 69.4 Å². The van der Waals surface area contributed by atoms with Crippen molar-refractivity contribution in [2.75, 3.05) is 7.11 Å². The zero-order valence-corrected chi connectivity index (χ0v) is 21.4. The van der Waals surface area contributed by atoms with Crippen molar-refractivity contribution in [2.45, 2.75) is 6.61 Å². The van der Waals surface area contributed by atoms with E-state index in [1.54, 1.807) is 61.7 Å². The number of thioether (sulfide) groups is 1. The van der Waals surface area contributed by atoms with Gasteiger partial charge in [-0.2, -0.15) is 5.01 Å². The number of nitrogens with one attached hydrogen (secondary N) is 1. The van der Waals surface area contributed by atoms with E-state index in [4.69, 9.17) is 44.9 Å². The third kappa shape index (κ3) is 6.15. The smallest absolute Gasteiger partial charge is 0.285 e. The lowest BCUT2D eigenvalue weighted by Crippen LogP contribution is -2.44. The number of nitrogens with zero attached hydrogens (tertiary/aromatic N) is 1. The summed E-state index contributed by atoms with van der Waals surface area (Å²) < 4.78 is 11.1. The van der Waals surface area contributed by atoms with E-state index in [1.165, 1.54) is 0 Å². The monoisotopic (exact) mass is 544 g/mol. The maximum Gasteiger partial charge on any atom is 0.285 e. The Bertz CT molecular complexity index is 1310. The molecule has 3 aromatic rings. The number of carbonyl (C=O) groups excluding carboxylic acids is 2. The molecule has 2 amide bonds. The van der Waals surface area contributed by atoms with E-state index in [9.17, 15) is 9.59 Å². The molecule has 178 valence electrons. The van der Waals surface area contributed by atoms with E-state index in [0.717, 1.165) is 27.9 Å². The van der Waals surface area contributed by atoms with Crippen molar-refractivity contribution in [3.63, 3.8) is 0 Å². The molecular weight excluding hydrogens is 527 g/mol. The maximum absolute atomic E-state index is 12.8. The molecule has 0 aliphatic carbocycles. The van der Waals surface area contributed by atoms with Gasteiger partial charge in [0.05, 0.1) is 12.0 Å². The fourth-order valence-electron chi connectivity index (χ4n) is 3.08. The van der Waals surface area contributed by atoms with E-state index < -0.39 is 11.8 Å². The molecule has 6 nitrogen and oxygen atoms in total. The van der Waals surface area contributed by atoms with Crippen LogP contribution in [0.1, 0.15) is 21.5 Å². The Kier molecular flexibility index (Phi) is 7.97. The van der Waals surface area contributed by atoms with Crippen molar-refractivity contribution < 1.29 is 19.1 Å². The van der Waals surface area contributed by atoms with Crippen LogP contribution >= 0.6 is 47.2 Å². The van der Waals surface area contributed by atoms with Gasteiger partial charge in [-0.05, 0) is 72.4 Å². The van der Waals surface area contributed by atoms with Crippen LogP contribution in [0.25, 0.3) is 6.08 Å². The number of ether oxygens (including phenoxy) is 2. The van der Waals surface area contributed by atoms with Gasteiger partial charge < -0.3 is 9.47 Å². The number of hydrogen-bond acceptors (Lipinski definition) is 6. The average molecular weight is 545 g/mol. The third-order valence-corrected chi connectivity index (χ3v) is 6.84. The van der Waals surface area contributed by atoms with Gasteiger partial charge in [-0.1, -0.05) is 53.2 Å². The number of thiocarbonyl (C=S) groups is 1. The van der Waals surface area contributed by atoms with Gasteiger partial charge in [0, 0.05) is 21.2 Å². The number of methoxy groups -OCH3 is 1. The Morgan fingerprint density at radius 2 is 1.74 bits per heavy atom. The van der Waals surface area contributed by atoms with E-state index in [1.807, 2.05) is 18.2 Å². The number of amides is 2. The van der Waals surface area contributed by atoms with Crippen LogP contribution in [0.4, 0.5) is 0 Å². The number of hydrazine groups is 1. The van der Waals surface area contributed by atoms with Gasteiger partial charge in [-0.15, -0.1) is 0 Å². The summed E-state index contributed by atoms with van der Waals surface area (Å²) in [6.45, 7) is 0.294. The molecule has 0 aromatic heterocycles. The summed E-state index contributed by atoms with van der Waals surface area (Å²) in [5, 5.41) is 2.18. The summed E-state index contributed by atoms with van der Waals surface area (Å²) in [4.78, 5) is 25.8. The molecule has 1 N–H and O–H groups in total. The minimum absolute atomic E-state index is 0.239. The summed E-state index contributed by atoms with van der Waals surface area (Å²) >= 11 is 18.5. The van der Waals surface area contributed by atoms with Gasteiger partial charge in [-0.25, -0.2) is 0 Å².